The Kier molecular flexibility index (Phi) is 5.44. The SMILES string of the molecule is COc1cc(SC)c(OC)cc1NCC(C)N. The molecule has 0 aromatic heterocycles. The van der Waals surface area contributed by atoms with Gasteiger partial charge in [0.05, 0.1) is 24.8 Å². The topological polar surface area (TPSA) is 56.5 Å². The number of methoxy groups -OCH3 is 2. The van der Waals surface area contributed by atoms with Crippen molar-refractivity contribution in [2.75, 3.05) is 32.3 Å². The second-order valence-electron chi connectivity index (χ2n) is 3.77. The van der Waals surface area contributed by atoms with Gasteiger partial charge in [0.25, 0.3) is 0 Å². The zero-order valence-corrected chi connectivity index (χ0v) is 11.6. The summed E-state index contributed by atoms with van der Waals surface area (Å²) in [5.41, 5.74) is 6.62. The van der Waals surface area contributed by atoms with Gasteiger partial charge < -0.3 is 20.5 Å². The Hall–Kier alpha value is -1.07. The predicted octanol–water partition coefficient (Wildman–Crippen LogP) is 2.18. The summed E-state index contributed by atoms with van der Waals surface area (Å²) >= 11 is 1.63. The molecule has 0 bridgehead atoms. The van der Waals surface area contributed by atoms with Crippen LogP contribution in [0.3, 0.4) is 0 Å². The highest BCUT2D eigenvalue weighted by Gasteiger charge is 2.10. The summed E-state index contributed by atoms with van der Waals surface area (Å²) in [7, 11) is 3.32. The smallest absolute Gasteiger partial charge is 0.143 e. The first-order valence-corrected chi connectivity index (χ1v) is 6.64. The molecule has 1 rings (SSSR count). The molecule has 0 saturated carbocycles. The minimum atomic E-state index is 0.0888. The van der Waals surface area contributed by atoms with E-state index in [-0.39, 0.29) is 6.04 Å². The summed E-state index contributed by atoms with van der Waals surface area (Å²) in [6.45, 7) is 2.64. The van der Waals surface area contributed by atoms with E-state index in [0.29, 0.717) is 6.54 Å². The van der Waals surface area contributed by atoms with Crippen molar-refractivity contribution in [3.05, 3.63) is 12.1 Å². The quantitative estimate of drug-likeness (QED) is 0.764. The number of hydrogen-bond donors (Lipinski definition) is 2. The van der Waals surface area contributed by atoms with Crippen LogP contribution in [0.4, 0.5) is 5.69 Å². The van der Waals surface area contributed by atoms with Gasteiger partial charge in [-0.1, -0.05) is 0 Å². The van der Waals surface area contributed by atoms with Crippen LogP contribution in [0.2, 0.25) is 0 Å². The molecule has 0 saturated heterocycles. The van der Waals surface area contributed by atoms with Crippen LogP contribution in [0.15, 0.2) is 17.0 Å². The van der Waals surface area contributed by atoms with E-state index in [1.54, 1.807) is 26.0 Å². The standard InChI is InChI=1S/C12H20N2O2S/c1-8(13)7-14-9-5-11(16-3)12(17-4)6-10(9)15-2/h5-6,8,14H,7,13H2,1-4H3. The van der Waals surface area contributed by atoms with Crippen molar-refractivity contribution < 1.29 is 9.47 Å². The van der Waals surface area contributed by atoms with E-state index in [1.807, 2.05) is 25.3 Å². The maximum atomic E-state index is 5.72. The number of thioether (sulfide) groups is 1. The molecule has 0 aliphatic rings. The summed E-state index contributed by atoms with van der Waals surface area (Å²) in [6, 6.07) is 3.99. The summed E-state index contributed by atoms with van der Waals surface area (Å²) < 4.78 is 10.7. The number of hydrogen-bond acceptors (Lipinski definition) is 5. The predicted molar refractivity (Wildman–Crippen MR) is 73.5 cm³/mol. The Bertz CT molecular complexity index is 370. The molecule has 17 heavy (non-hydrogen) atoms. The van der Waals surface area contributed by atoms with Gasteiger partial charge >= 0.3 is 0 Å². The van der Waals surface area contributed by atoms with Crippen LogP contribution < -0.4 is 20.5 Å². The molecule has 0 spiro atoms. The van der Waals surface area contributed by atoms with Gasteiger partial charge in [-0.3, -0.25) is 0 Å². The molecule has 1 aromatic rings. The summed E-state index contributed by atoms with van der Waals surface area (Å²) in [5, 5.41) is 3.25. The van der Waals surface area contributed by atoms with Crippen molar-refractivity contribution in [3.8, 4) is 11.5 Å². The summed E-state index contributed by atoms with van der Waals surface area (Å²) in [5.74, 6) is 1.64. The van der Waals surface area contributed by atoms with Gasteiger partial charge in [-0.15, -0.1) is 11.8 Å². The maximum Gasteiger partial charge on any atom is 0.143 e. The van der Waals surface area contributed by atoms with Gasteiger partial charge in [-0.25, -0.2) is 0 Å². The normalized spacial score (nSPS) is 12.1. The van der Waals surface area contributed by atoms with Crippen molar-refractivity contribution in [1.29, 1.82) is 0 Å². The summed E-state index contributed by atoms with van der Waals surface area (Å²) in [6.07, 6.45) is 2.01. The molecule has 96 valence electrons. The molecule has 5 heteroatoms. The van der Waals surface area contributed by atoms with Gasteiger partial charge in [-0.2, -0.15) is 0 Å². The van der Waals surface area contributed by atoms with Gasteiger partial charge in [0.1, 0.15) is 11.5 Å². The van der Waals surface area contributed by atoms with E-state index in [4.69, 9.17) is 15.2 Å². The van der Waals surface area contributed by atoms with Crippen LogP contribution in [-0.4, -0.2) is 33.1 Å². The minimum Gasteiger partial charge on any atom is -0.496 e. The van der Waals surface area contributed by atoms with Crippen molar-refractivity contribution in [3.63, 3.8) is 0 Å². The molecule has 0 aliphatic carbocycles. The molecular formula is C12H20N2O2S. The van der Waals surface area contributed by atoms with Gasteiger partial charge in [0, 0.05) is 18.7 Å². The number of ether oxygens (including phenoxy) is 2. The fraction of sp³-hybridized carbons (Fsp3) is 0.500. The second kappa shape index (κ2) is 6.61. The van der Waals surface area contributed by atoms with E-state index in [9.17, 15) is 0 Å². The molecule has 0 aliphatic heterocycles. The molecular weight excluding hydrogens is 236 g/mol. The Labute approximate surface area is 107 Å². The summed E-state index contributed by atoms with van der Waals surface area (Å²) in [4.78, 5) is 1.05. The molecule has 0 radical (unpaired) electrons. The molecule has 4 nitrogen and oxygen atoms in total. The van der Waals surface area contributed by atoms with Crippen LogP contribution in [0.25, 0.3) is 0 Å². The van der Waals surface area contributed by atoms with Crippen molar-refractivity contribution in [2.45, 2.75) is 17.9 Å². The first kappa shape index (κ1) is 14.0. The minimum absolute atomic E-state index is 0.0888. The highest BCUT2D eigenvalue weighted by molar-refractivity contribution is 7.98. The third kappa shape index (κ3) is 3.71. The third-order valence-corrected chi connectivity index (χ3v) is 3.08. The van der Waals surface area contributed by atoms with E-state index in [2.05, 4.69) is 5.32 Å². The average molecular weight is 256 g/mol. The first-order valence-electron chi connectivity index (χ1n) is 5.41. The van der Waals surface area contributed by atoms with Crippen molar-refractivity contribution in [1.82, 2.24) is 0 Å². The highest BCUT2D eigenvalue weighted by atomic mass is 32.2. The average Bonchev–Trinajstić information content (AvgIpc) is 2.34. The number of nitrogens with two attached hydrogens (primary N) is 1. The lowest BCUT2D eigenvalue weighted by molar-refractivity contribution is 0.395. The molecule has 1 aromatic carbocycles. The van der Waals surface area contributed by atoms with Crippen LogP contribution in [-0.2, 0) is 0 Å². The van der Waals surface area contributed by atoms with Gasteiger partial charge in [0.15, 0.2) is 0 Å². The Morgan fingerprint density at radius 2 is 1.94 bits per heavy atom. The Balaban J connectivity index is 3.01. The lowest BCUT2D eigenvalue weighted by atomic mass is 10.2. The fourth-order valence-corrected chi connectivity index (χ4v) is 2.01. The van der Waals surface area contributed by atoms with Gasteiger partial charge in [-0.05, 0) is 19.2 Å². The van der Waals surface area contributed by atoms with Crippen molar-refractivity contribution in [2.24, 2.45) is 5.73 Å². The van der Waals surface area contributed by atoms with Gasteiger partial charge in [0.2, 0.25) is 0 Å². The zero-order valence-electron chi connectivity index (χ0n) is 10.7. The van der Waals surface area contributed by atoms with E-state index < -0.39 is 0 Å². The Morgan fingerprint density at radius 1 is 1.29 bits per heavy atom. The van der Waals surface area contributed by atoms with Crippen LogP contribution >= 0.6 is 11.8 Å². The fourth-order valence-electron chi connectivity index (χ4n) is 1.44. The molecule has 3 N–H and O–H groups in total. The van der Waals surface area contributed by atoms with Crippen LogP contribution in [0.1, 0.15) is 6.92 Å². The number of nitrogens with one attached hydrogen (secondary N) is 1. The van der Waals surface area contributed by atoms with Crippen molar-refractivity contribution >= 4 is 17.4 Å². The highest BCUT2D eigenvalue weighted by Crippen LogP contribution is 2.37. The number of benzene rings is 1. The Morgan fingerprint density at radius 3 is 2.41 bits per heavy atom. The van der Waals surface area contributed by atoms with E-state index in [1.165, 1.54) is 0 Å². The molecule has 1 atom stereocenters. The molecule has 0 fully saturated rings. The zero-order chi connectivity index (χ0) is 12.8. The second-order valence-corrected chi connectivity index (χ2v) is 4.61. The lowest BCUT2D eigenvalue weighted by Gasteiger charge is -2.16. The number of anilines is 1. The van der Waals surface area contributed by atoms with E-state index >= 15 is 0 Å². The third-order valence-electron chi connectivity index (χ3n) is 2.32. The van der Waals surface area contributed by atoms with Crippen LogP contribution in [0, 0.1) is 0 Å². The van der Waals surface area contributed by atoms with Crippen LogP contribution in [0.5, 0.6) is 11.5 Å². The van der Waals surface area contributed by atoms with E-state index in [0.717, 1.165) is 22.1 Å². The molecule has 0 amide bonds. The first-order chi connectivity index (χ1) is 8.12. The number of rotatable bonds is 6. The maximum absolute atomic E-state index is 5.72. The largest absolute Gasteiger partial charge is 0.496 e. The monoisotopic (exact) mass is 256 g/mol. The lowest BCUT2D eigenvalue weighted by Crippen LogP contribution is -2.25. The molecule has 1 unspecified atom stereocenters. The molecule has 0 heterocycles.